The lowest BCUT2D eigenvalue weighted by Gasteiger charge is -2.18. The maximum absolute atomic E-state index is 12.7. The number of rotatable bonds is 46. The Balaban J connectivity index is 4.27. The van der Waals surface area contributed by atoms with Gasteiger partial charge < -0.3 is 14.2 Å². The number of carbonyl (C=O) groups excluding carboxylic acids is 3. The van der Waals surface area contributed by atoms with E-state index in [1.54, 1.807) is 0 Å². The molecule has 0 rings (SSSR count). The molecule has 6 heteroatoms. The van der Waals surface area contributed by atoms with E-state index in [0.717, 1.165) is 64.2 Å². The summed E-state index contributed by atoms with van der Waals surface area (Å²) in [4.78, 5) is 37.8. The number of esters is 3. The number of carbonyl (C=O) groups is 3. The van der Waals surface area contributed by atoms with E-state index in [1.165, 1.54) is 173 Å². The fraction of sp³-hybridized carbons (Fsp3) is 0.902. The van der Waals surface area contributed by atoms with E-state index < -0.39 is 6.10 Å². The first-order valence-corrected chi connectivity index (χ1v) is 25.2. The van der Waals surface area contributed by atoms with Crippen molar-refractivity contribution in [2.75, 3.05) is 13.2 Å². The summed E-state index contributed by atoms with van der Waals surface area (Å²) in [7, 11) is 0. The van der Waals surface area contributed by atoms with Gasteiger partial charge in [-0.05, 0) is 44.9 Å². The zero-order valence-corrected chi connectivity index (χ0v) is 38.4. The van der Waals surface area contributed by atoms with Crippen LogP contribution >= 0.6 is 0 Å². The summed E-state index contributed by atoms with van der Waals surface area (Å²) in [6, 6.07) is 0. The highest BCUT2D eigenvalue weighted by molar-refractivity contribution is 5.71. The van der Waals surface area contributed by atoms with Crippen molar-refractivity contribution in [2.45, 2.75) is 284 Å². The zero-order valence-electron chi connectivity index (χ0n) is 38.4. The van der Waals surface area contributed by atoms with Crippen LogP contribution in [0.2, 0.25) is 0 Å². The average molecular weight is 805 g/mol. The van der Waals surface area contributed by atoms with Gasteiger partial charge in [0.25, 0.3) is 0 Å². The molecular weight excluding hydrogens is 709 g/mol. The number of hydrogen-bond donors (Lipinski definition) is 0. The quantitative estimate of drug-likeness (QED) is 0.0264. The second kappa shape index (κ2) is 46.8. The Morgan fingerprint density at radius 2 is 0.579 bits per heavy atom. The van der Waals surface area contributed by atoms with Crippen molar-refractivity contribution in [2.24, 2.45) is 0 Å². The Morgan fingerprint density at radius 3 is 0.877 bits per heavy atom. The summed E-state index contributed by atoms with van der Waals surface area (Å²) in [5, 5.41) is 0. The number of unbranched alkanes of at least 4 members (excludes halogenated alkanes) is 33. The predicted octanol–water partition coefficient (Wildman–Crippen LogP) is 16.2. The standard InChI is InChI=1S/C51H96O6/c1-4-7-10-13-16-19-21-23-24-25-26-27-28-30-32-35-38-41-44-50(53)56-47-48(46-55-49(52)43-40-37-34-31-18-15-12-9-6-3)57-51(54)45-42-39-36-33-29-22-20-17-14-11-8-5-2/h26-27,48H,4-25,28-47H2,1-3H3/b27-26-. The van der Waals surface area contributed by atoms with Crippen LogP contribution < -0.4 is 0 Å². The molecule has 0 fully saturated rings. The molecule has 0 N–H and O–H groups in total. The van der Waals surface area contributed by atoms with Gasteiger partial charge in [0.15, 0.2) is 6.10 Å². The van der Waals surface area contributed by atoms with Crippen molar-refractivity contribution >= 4 is 17.9 Å². The molecule has 336 valence electrons. The van der Waals surface area contributed by atoms with E-state index in [0.29, 0.717) is 19.3 Å². The largest absolute Gasteiger partial charge is 0.462 e. The fourth-order valence-electron chi connectivity index (χ4n) is 7.44. The van der Waals surface area contributed by atoms with Gasteiger partial charge in [-0.1, -0.05) is 226 Å². The number of hydrogen-bond acceptors (Lipinski definition) is 6. The molecule has 57 heavy (non-hydrogen) atoms. The van der Waals surface area contributed by atoms with Crippen LogP contribution in [-0.2, 0) is 28.6 Å². The molecule has 1 unspecified atom stereocenters. The molecule has 0 radical (unpaired) electrons. The van der Waals surface area contributed by atoms with Crippen molar-refractivity contribution in [3.63, 3.8) is 0 Å². The summed E-state index contributed by atoms with van der Waals surface area (Å²) in [6.07, 6.45) is 50.5. The molecule has 0 aromatic heterocycles. The Bertz CT molecular complexity index is 885. The van der Waals surface area contributed by atoms with Crippen molar-refractivity contribution in [1.82, 2.24) is 0 Å². The van der Waals surface area contributed by atoms with Gasteiger partial charge in [-0.15, -0.1) is 0 Å². The second-order valence-electron chi connectivity index (χ2n) is 17.1. The van der Waals surface area contributed by atoms with Gasteiger partial charge in [-0.25, -0.2) is 0 Å². The topological polar surface area (TPSA) is 78.9 Å². The summed E-state index contributed by atoms with van der Waals surface area (Å²) >= 11 is 0. The summed E-state index contributed by atoms with van der Waals surface area (Å²) < 4.78 is 16.7. The van der Waals surface area contributed by atoms with Crippen molar-refractivity contribution in [1.29, 1.82) is 0 Å². The highest BCUT2D eigenvalue weighted by Gasteiger charge is 2.19. The van der Waals surface area contributed by atoms with E-state index in [-0.39, 0.29) is 31.1 Å². The monoisotopic (exact) mass is 805 g/mol. The summed E-state index contributed by atoms with van der Waals surface area (Å²) in [6.45, 7) is 6.63. The lowest BCUT2D eigenvalue weighted by atomic mass is 10.0. The van der Waals surface area contributed by atoms with Gasteiger partial charge >= 0.3 is 17.9 Å². The van der Waals surface area contributed by atoms with E-state index >= 15 is 0 Å². The van der Waals surface area contributed by atoms with Crippen LogP contribution in [0, 0.1) is 0 Å². The SMILES string of the molecule is CCCCCCCCCCC/C=C\CCCCCCCC(=O)OCC(COC(=O)CCCCCCCCCCC)OC(=O)CCCCCCCCCCCCCC. The van der Waals surface area contributed by atoms with Crippen molar-refractivity contribution < 1.29 is 28.6 Å². The minimum atomic E-state index is -0.765. The minimum Gasteiger partial charge on any atom is -0.462 e. The third kappa shape index (κ3) is 45.1. The highest BCUT2D eigenvalue weighted by Crippen LogP contribution is 2.15. The van der Waals surface area contributed by atoms with Gasteiger partial charge in [0.2, 0.25) is 0 Å². The van der Waals surface area contributed by atoms with Crippen LogP contribution in [0.1, 0.15) is 278 Å². The van der Waals surface area contributed by atoms with Crippen LogP contribution in [0.15, 0.2) is 12.2 Å². The van der Waals surface area contributed by atoms with Crippen LogP contribution in [-0.4, -0.2) is 37.2 Å². The van der Waals surface area contributed by atoms with Crippen LogP contribution in [0.4, 0.5) is 0 Å². The normalized spacial score (nSPS) is 12.0. The van der Waals surface area contributed by atoms with Crippen LogP contribution in [0.5, 0.6) is 0 Å². The third-order valence-corrected chi connectivity index (χ3v) is 11.3. The van der Waals surface area contributed by atoms with E-state index in [9.17, 15) is 14.4 Å². The molecule has 0 heterocycles. The molecule has 0 saturated carbocycles. The Hall–Kier alpha value is -1.85. The molecule has 0 aromatic rings. The first-order chi connectivity index (χ1) is 28.0. The van der Waals surface area contributed by atoms with Gasteiger partial charge in [0.1, 0.15) is 13.2 Å². The number of ether oxygens (including phenoxy) is 3. The van der Waals surface area contributed by atoms with Crippen molar-refractivity contribution in [3.8, 4) is 0 Å². The highest BCUT2D eigenvalue weighted by atomic mass is 16.6. The lowest BCUT2D eigenvalue weighted by Crippen LogP contribution is -2.30. The molecule has 0 aliphatic carbocycles. The second-order valence-corrected chi connectivity index (χ2v) is 17.1. The summed E-state index contributed by atoms with van der Waals surface area (Å²) in [5.74, 6) is -0.866. The molecule has 1 atom stereocenters. The first kappa shape index (κ1) is 55.2. The zero-order chi connectivity index (χ0) is 41.5. The van der Waals surface area contributed by atoms with Crippen LogP contribution in [0.3, 0.4) is 0 Å². The van der Waals surface area contributed by atoms with Crippen LogP contribution in [0.25, 0.3) is 0 Å². The van der Waals surface area contributed by atoms with Gasteiger partial charge in [-0.3, -0.25) is 14.4 Å². The molecule has 0 aliphatic rings. The lowest BCUT2D eigenvalue weighted by molar-refractivity contribution is -0.167. The molecule has 6 nitrogen and oxygen atoms in total. The number of allylic oxidation sites excluding steroid dienone is 2. The smallest absolute Gasteiger partial charge is 0.306 e. The van der Waals surface area contributed by atoms with E-state index in [1.807, 2.05) is 0 Å². The molecule has 0 aliphatic heterocycles. The van der Waals surface area contributed by atoms with Gasteiger partial charge in [0, 0.05) is 19.3 Å². The third-order valence-electron chi connectivity index (χ3n) is 11.3. The Morgan fingerprint density at radius 1 is 0.333 bits per heavy atom. The van der Waals surface area contributed by atoms with Gasteiger partial charge in [0.05, 0.1) is 0 Å². The first-order valence-electron chi connectivity index (χ1n) is 25.2. The maximum Gasteiger partial charge on any atom is 0.306 e. The van der Waals surface area contributed by atoms with Crippen molar-refractivity contribution in [3.05, 3.63) is 12.2 Å². The minimum absolute atomic E-state index is 0.0681. The average Bonchev–Trinajstić information content (AvgIpc) is 3.21. The molecular formula is C51H96O6. The Labute approximate surface area is 354 Å². The molecule has 0 saturated heterocycles. The Kier molecular flexibility index (Phi) is 45.3. The van der Waals surface area contributed by atoms with E-state index in [4.69, 9.17) is 14.2 Å². The summed E-state index contributed by atoms with van der Waals surface area (Å²) in [5.41, 5.74) is 0. The fourth-order valence-corrected chi connectivity index (χ4v) is 7.44. The maximum atomic E-state index is 12.7. The molecule has 0 aromatic carbocycles. The van der Waals surface area contributed by atoms with Gasteiger partial charge in [-0.2, -0.15) is 0 Å². The van der Waals surface area contributed by atoms with E-state index in [2.05, 4.69) is 32.9 Å². The molecule has 0 spiro atoms. The predicted molar refractivity (Wildman–Crippen MR) is 243 cm³/mol. The molecule has 0 amide bonds. The molecule has 0 bridgehead atoms.